The van der Waals surface area contributed by atoms with Gasteiger partial charge in [-0.3, -0.25) is 0 Å². The van der Waals surface area contributed by atoms with Crippen molar-refractivity contribution < 1.29 is 16.5 Å². The molecule has 0 spiro atoms. The first-order valence-corrected chi connectivity index (χ1v) is 10.5. The average Bonchev–Trinajstić information content (AvgIpc) is 2.97. The van der Waals surface area contributed by atoms with E-state index in [9.17, 15) is 0 Å². The molecule has 2 aliphatic rings. The van der Waals surface area contributed by atoms with Crippen LogP contribution >= 0.6 is 36.7 Å². The second-order valence-electron chi connectivity index (χ2n) is 5.08. The molecule has 0 saturated heterocycles. The van der Waals surface area contributed by atoms with Gasteiger partial charge in [0.15, 0.2) is 5.11 Å². The van der Waals surface area contributed by atoms with Gasteiger partial charge in [0.1, 0.15) is 0 Å². The molecule has 0 radical (unpaired) electrons. The molecular formula is C17H26N4NiS5. The van der Waals surface area contributed by atoms with Crippen molar-refractivity contribution in [3.63, 3.8) is 0 Å². The van der Waals surface area contributed by atoms with Crippen LogP contribution in [0.3, 0.4) is 0 Å². The Hall–Kier alpha value is -0.246. The molecule has 0 fully saturated rings. The van der Waals surface area contributed by atoms with E-state index in [1.165, 1.54) is 0 Å². The molecule has 1 unspecified atom stereocenters. The van der Waals surface area contributed by atoms with Crippen LogP contribution in [0.25, 0.3) is 0 Å². The standard InChI is InChI=1S/C7H6N2S.2C5H11NS2.Ni/c10-7-8-5-3-1-2-4-6(5)9-7;2*1-3-6(4-2)5(7)8;/h1-5H,(H,8,10);2*3-4H2,1-2H3,(H,7,8);/q;;;+2/p-2. The minimum atomic E-state index is 0. The van der Waals surface area contributed by atoms with Crippen molar-refractivity contribution in [3.05, 3.63) is 24.3 Å². The Morgan fingerprint density at radius 1 is 1.00 bits per heavy atom. The maximum atomic E-state index is 4.87. The fraction of sp³-hybridized carbons (Fsp3) is 0.529. The first kappa shape index (κ1) is 29.0. The Labute approximate surface area is 201 Å². The minimum Gasteiger partial charge on any atom is -0.411 e. The van der Waals surface area contributed by atoms with E-state index < -0.39 is 0 Å². The summed E-state index contributed by atoms with van der Waals surface area (Å²) < 4.78 is 1.16. The molecule has 10 heteroatoms. The average molecular weight is 505 g/mol. The third-order valence-corrected chi connectivity index (χ3v) is 4.80. The van der Waals surface area contributed by atoms with Crippen molar-refractivity contribution in [2.45, 2.75) is 33.7 Å². The van der Waals surface area contributed by atoms with Crippen LogP contribution in [-0.4, -0.2) is 61.5 Å². The van der Waals surface area contributed by atoms with E-state index in [0.717, 1.165) is 31.9 Å². The smallest absolute Gasteiger partial charge is 0.411 e. The molecule has 1 heterocycles. The third kappa shape index (κ3) is 12.0. The van der Waals surface area contributed by atoms with Gasteiger partial charge < -0.3 is 64.8 Å². The van der Waals surface area contributed by atoms with Gasteiger partial charge >= 0.3 is 16.5 Å². The number of rotatable bonds is 4. The van der Waals surface area contributed by atoms with Crippen molar-refractivity contribution in [2.75, 3.05) is 26.2 Å². The molecule has 0 saturated carbocycles. The van der Waals surface area contributed by atoms with E-state index in [2.05, 4.69) is 10.3 Å². The summed E-state index contributed by atoms with van der Waals surface area (Å²) in [6.07, 6.45) is 7.96. The summed E-state index contributed by atoms with van der Waals surface area (Å²) in [5, 5.41) is 3.64. The second-order valence-corrected chi connectivity index (χ2v) is 7.53. The van der Waals surface area contributed by atoms with Crippen LogP contribution in [0.1, 0.15) is 27.7 Å². The number of hydrogen-bond donors (Lipinski definition) is 1. The molecule has 27 heavy (non-hydrogen) atoms. The van der Waals surface area contributed by atoms with Gasteiger partial charge in [-0.1, -0.05) is 26.9 Å². The Kier molecular flexibility index (Phi) is 17.9. The zero-order valence-electron chi connectivity index (χ0n) is 15.9. The van der Waals surface area contributed by atoms with E-state index in [0.29, 0.717) is 13.8 Å². The summed E-state index contributed by atoms with van der Waals surface area (Å²) in [4.78, 5) is 8.04. The zero-order chi connectivity index (χ0) is 20.1. The van der Waals surface area contributed by atoms with Crippen LogP contribution in [0, 0.1) is 0 Å². The van der Waals surface area contributed by atoms with Gasteiger partial charge in [-0.05, 0) is 46.0 Å². The fourth-order valence-corrected chi connectivity index (χ4v) is 3.27. The number of allylic oxidation sites excluding steroid dienone is 2. The molecule has 4 nitrogen and oxygen atoms in total. The van der Waals surface area contributed by atoms with Crippen LogP contribution in [-0.2, 0) is 41.7 Å². The first-order valence-electron chi connectivity index (χ1n) is 8.46. The zero-order valence-corrected chi connectivity index (χ0v) is 21.0. The largest absolute Gasteiger partial charge is 2.00 e. The molecule has 0 aromatic carbocycles. The Bertz CT molecular complexity index is 548. The number of aliphatic imine (C=N–C) groups is 1. The normalized spacial score (nSPS) is 15.5. The van der Waals surface area contributed by atoms with Crippen LogP contribution < -0.4 is 5.32 Å². The maximum Gasteiger partial charge on any atom is 2.00 e. The summed E-state index contributed by atoms with van der Waals surface area (Å²) in [7, 11) is 0. The van der Waals surface area contributed by atoms with Gasteiger partial charge in [0.05, 0.1) is 11.8 Å². The predicted octanol–water partition coefficient (Wildman–Crippen LogP) is 3.13. The molecule has 1 aliphatic heterocycles. The molecule has 0 amide bonds. The Morgan fingerprint density at radius 3 is 1.74 bits per heavy atom. The van der Waals surface area contributed by atoms with Crippen LogP contribution in [0.4, 0.5) is 0 Å². The molecule has 1 atom stereocenters. The van der Waals surface area contributed by atoms with Gasteiger partial charge in [0.25, 0.3) is 0 Å². The van der Waals surface area contributed by atoms with Crippen LogP contribution in [0.2, 0.25) is 0 Å². The fourth-order valence-electron chi connectivity index (χ4n) is 2.01. The number of nitrogens with zero attached hydrogens (tertiary/aromatic N) is 3. The van der Waals surface area contributed by atoms with Crippen molar-refractivity contribution in [3.8, 4) is 0 Å². The van der Waals surface area contributed by atoms with Gasteiger partial charge in [-0.2, -0.15) is 0 Å². The maximum absolute atomic E-state index is 4.87. The summed E-state index contributed by atoms with van der Waals surface area (Å²) in [5.41, 5.74) is 1.02. The molecule has 154 valence electrons. The van der Waals surface area contributed by atoms with Gasteiger partial charge in [0.2, 0.25) is 0 Å². The Balaban J connectivity index is 0. The molecular weight excluding hydrogens is 479 g/mol. The van der Waals surface area contributed by atoms with E-state index in [4.69, 9.17) is 61.9 Å². The number of fused-ring (bicyclic) bond motifs is 1. The van der Waals surface area contributed by atoms with Gasteiger partial charge in [0, 0.05) is 26.2 Å². The van der Waals surface area contributed by atoms with E-state index in [1.807, 2.05) is 61.8 Å². The first-order chi connectivity index (χ1) is 12.3. The molecule has 2 rings (SSSR count). The quantitative estimate of drug-likeness (QED) is 0.355. The monoisotopic (exact) mass is 504 g/mol. The summed E-state index contributed by atoms with van der Waals surface area (Å²) in [6.45, 7) is 11.9. The van der Waals surface area contributed by atoms with Gasteiger partial charge in [-0.15, -0.1) is 0 Å². The molecule has 1 N–H and O–H groups in total. The predicted molar refractivity (Wildman–Crippen MR) is 131 cm³/mol. The van der Waals surface area contributed by atoms with Crippen LogP contribution in [0.15, 0.2) is 29.3 Å². The van der Waals surface area contributed by atoms with Crippen molar-refractivity contribution in [2.24, 2.45) is 4.99 Å². The molecule has 0 aromatic rings. The number of nitrogens with one attached hydrogen (secondary N) is 1. The minimum absolute atomic E-state index is 0. The molecule has 1 aliphatic carbocycles. The van der Waals surface area contributed by atoms with E-state index in [-0.39, 0.29) is 22.5 Å². The third-order valence-electron chi connectivity index (χ3n) is 3.55. The summed E-state index contributed by atoms with van der Waals surface area (Å²) in [6, 6.07) is 0.234. The van der Waals surface area contributed by atoms with Gasteiger partial charge in [-0.25, -0.2) is 4.99 Å². The molecule has 0 aromatic heterocycles. The van der Waals surface area contributed by atoms with Crippen molar-refractivity contribution in [1.82, 2.24) is 15.1 Å². The topological polar surface area (TPSA) is 30.9 Å². The van der Waals surface area contributed by atoms with E-state index >= 15 is 0 Å². The van der Waals surface area contributed by atoms with Crippen LogP contribution in [0.5, 0.6) is 0 Å². The summed E-state index contributed by atoms with van der Waals surface area (Å²) >= 11 is 23.9. The number of thiocarbonyl (C=S) groups is 3. The second kappa shape index (κ2) is 16.7. The van der Waals surface area contributed by atoms with Crippen molar-refractivity contribution in [1.29, 1.82) is 0 Å². The summed E-state index contributed by atoms with van der Waals surface area (Å²) in [5.74, 6) is 0. The molecule has 0 bridgehead atoms. The number of hydrogen-bond acceptors (Lipinski definition) is 5. The SMILES string of the molecule is CCN(CC)C(=S)[S-].CCN(CC)C(=S)[S-].S=C1N=C2C=CC=CC2N1.[Ni+2]. The van der Waals surface area contributed by atoms with Crippen molar-refractivity contribution >= 4 is 81.4 Å². The van der Waals surface area contributed by atoms with E-state index in [1.54, 1.807) is 0 Å². The Morgan fingerprint density at radius 2 is 1.44 bits per heavy atom.